The number of nitrogens with zero attached hydrogens (tertiary/aromatic N) is 1. The van der Waals surface area contributed by atoms with E-state index >= 15 is 0 Å². The molecular weight excluding hydrogens is 298 g/mol. The van der Waals surface area contributed by atoms with Crippen molar-refractivity contribution in [2.24, 2.45) is 0 Å². The third-order valence-corrected chi connectivity index (χ3v) is 4.82. The van der Waals surface area contributed by atoms with Crippen molar-refractivity contribution in [3.8, 4) is 0 Å². The third kappa shape index (κ3) is 3.10. The molecule has 22 heavy (non-hydrogen) atoms. The molecule has 0 radical (unpaired) electrons. The zero-order valence-corrected chi connectivity index (χ0v) is 14.9. The summed E-state index contributed by atoms with van der Waals surface area (Å²) in [5, 5.41) is 0.746. The number of esters is 1. The SMILES string of the molecule is CCC[C@H](C(=O)OC)N1c2ccc(Cl)cc2[C@H](C)CC1(C)C. The second kappa shape index (κ2) is 6.49. The van der Waals surface area contributed by atoms with E-state index in [1.165, 1.54) is 12.7 Å². The van der Waals surface area contributed by atoms with Crippen LogP contribution in [0.15, 0.2) is 18.2 Å². The average Bonchev–Trinajstić information content (AvgIpc) is 2.45. The van der Waals surface area contributed by atoms with E-state index in [1.54, 1.807) is 0 Å². The van der Waals surface area contributed by atoms with Crippen LogP contribution in [-0.2, 0) is 9.53 Å². The molecule has 1 aromatic carbocycles. The number of carbonyl (C=O) groups excluding carboxylic acids is 1. The first-order chi connectivity index (χ1) is 10.3. The minimum atomic E-state index is -0.252. The fourth-order valence-electron chi connectivity index (χ4n) is 3.77. The van der Waals surface area contributed by atoms with Crippen LogP contribution in [0.25, 0.3) is 0 Å². The molecule has 0 unspecified atom stereocenters. The largest absolute Gasteiger partial charge is 0.467 e. The van der Waals surface area contributed by atoms with E-state index in [0.29, 0.717) is 5.92 Å². The predicted octanol–water partition coefficient (Wildman–Crippen LogP) is 4.77. The molecule has 0 aliphatic carbocycles. The molecule has 0 amide bonds. The van der Waals surface area contributed by atoms with E-state index in [9.17, 15) is 4.79 Å². The van der Waals surface area contributed by atoms with Crippen LogP contribution >= 0.6 is 11.6 Å². The van der Waals surface area contributed by atoms with Gasteiger partial charge >= 0.3 is 5.97 Å². The van der Waals surface area contributed by atoms with Gasteiger partial charge in [0, 0.05) is 16.2 Å². The Morgan fingerprint density at radius 3 is 2.77 bits per heavy atom. The lowest BCUT2D eigenvalue weighted by Gasteiger charge is -2.50. The van der Waals surface area contributed by atoms with Crippen molar-refractivity contribution in [1.82, 2.24) is 0 Å². The maximum Gasteiger partial charge on any atom is 0.328 e. The Hall–Kier alpha value is -1.22. The van der Waals surface area contributed by atoms with E-state index in [1.807, 2.05) is 18.2 Å². The van der Waals surface area contributed by atoms with Gasteiger partial charge in [-0.1, -0.05) is 31.9 Å². The summed E-state index contributed by atoms with van der Waals surface area (Å²) >= 11 is 6.18. The molecule has 0 saturated heterocycles. The monoisotopic (exact) mass is 323 g/mol. The summed E-state index contributed by atoms with van der Waals surface area (Å²) < 4.78 is 5.07. The quantitative estimate of drug-likeness (QED) is 0.747. The van der Waals surface area contributed by atoms with Gasteiger partial charge in [-0.3, -0.25) is 0 Å². The highest BCUT2D eigenvalue weighted by Gasteiger charge is 2.42. The lowest BCUT2D eigenvalue weighted by Crippen LogP contribution is -2.56. The molecule has 0 aromatic heterocycles. The summed E-state index contributed by atoms with van der Waals surface area (Å²) in [7, 11) is 1.47. The second-order valence-corrected chi connectivity index (χ2v) is 7.25. The van der Waals surface area contributed by atoms with Gasteiger partial charge < -0.3 is 9.64 Å². The molecule has 2 rings (SSSR count). The van der Waals surface area contributed by atoms with Crippen LogP contribution in [0.2, 0.25) is 5.02 Å². The van der Waals surface area contributed by atoms with Gasteiger partial charge in [-0.15, -0.1) is 0 Å². The normalized spacial score (nSPS) is 21.2. The van der Waals surface area contributed by atoms with Gasteiger partial charge in [-0.05, 0) is 56.4 Å². The molecule has 4 heteroatoms. The number of methoxy groups -OCH3 is 1. The van der Waals surface area contributed by atoms with E-state index < -0.39 is 0 Å². The average molecular weight is 324 g/mol. The van der Waals surface area contributed by atoms with Gasteiger partial charge in [0.05, 0.1) is 7.11 Å². The zero-order chi connectivity index (χ0) is 16.5. The van der Waals surface area contributed by atoms with Crippen LogP contribution in [0.5, 0.6) is 0 Å². The minimum absolute atomic E-state index is 0.103. The molecule has 1 aromatic rings. The molecule has 2 atom stereocenters. The number of halogens is 1. The molecule has 1 heterocycles. The second-order valence-electron chi connectivity index (χ2n) is 6.82. The Morgan fingerprint density at radius 1 is 1.50 bits per heavy atom. The summed E-state index contributed by atoms with van der Waals surface area (Å²) in [5.74, 6) is 0.255. The summed E-state index contributed by atoms with van der Waals surface area (Å²) in [6.07, 6.45) is 2.70. The van der Waals surface area contributed by atoms with Crippen LogP contribution in [-0.4, -0.2) is 24.7 Å². The Bertz CT molecular complexity index is 556. The Kier molecular flexibility index (Phi) is 5.06. The standard InChI is InChI=1S/C18H26ClNO2/c1-6-7-16(17(21)22-5)20-15-9-8-13(19)10-14(15)12(2)11-18(20,3)4/h8-10,12,16H,6-7,11H2,1-5H3/t12-,16-/m1/s1. The molecule has 0 saturated carbocycles. The number of carbonyl (C=O) groups is 1. The van der Waals surface area contributed by atoms with Gasteiger partial charge in [0.15, 0.2) is 0 Å². The molecule has 1 aliphatic rings. The number of rotatable bonds is 4. The predicted molar refractivity (Wildman–Crippen MR) is 91.8 cm³/mol. The molecule has 0 bridgehead atoms. The van der Waals surface area contributed by atoms with Gasteiger partial charge in [0.1, 0.15) is 6.04 Å². The van der Waals surface area contributed by atoms with Crippen molar-refractivity contribution >= 4 is 23.3 Å². The van der Waals surface area contributed by atoms with Crippen molar-refractivity contribution in [3.63, 3.8) is 0 Å². The van der Waals surface area contributed by atoms with Crippen LogP contribution in [0, 0.1) is 0 Å². The molecule has 3 nitrogen and oxygen atoms in total. The molecule has 0 spiro atoms. The highest BCUT2D eigenvalue weighted by Crippen LogP contribution is 2.45. The number of fused-ring (bicyclic) bond motifs is 1. The van der Waals surface area contributed by atoms with E-state index in [-0.39, 0.29) is 17.6 Å². The van der Waals surface area contributed by atoms with E-state index in [0.717, 1.165) is 30.0 Å². The van der Waals surface area contributed by atoms with Crippen LogP contribution in [0.1, 0.15) is 58.4 Å². The van der Waals surface area contributed by atoms with Gasteiger partial charge in [0.2, 0.25) is 0 Å². The Morgan fingerprint density at radius 2 is 2.18 bits per heavy atom. The first-order valence-corrected chi connectivity index (χ1v) is 8.36. The first kappa shape index (κ1) is 17.1. The lowest BCUT2D eigenvalue weighted by atomic mass is 9.78. The fraction of sp³-hybridized carbons (Fsp3) is 0.611. The smallest absolute Gasteiger partial charge is 0.328 e. The topological polar surface area (TPSA) is 29.5 Å². The molecule has 1 aliphatic heterocycles. The van der Waals surface area contributed by atoms with Gasteiger partial charge in [-0.2, -0.15) is 0 Å². The summed E-state index contributed by atoms with van der Waals surface area (Å²) in [6, 6.07) is 5.73. The highest BCUT2D eigenvalue weighted by atomic mass is 35.5. The van der Waals surface area contributed by atoms with E-state index in [4.69, 9.17) is 16.3 Å². The maximum atomic E-state index is 12.4. The lowest BCUT2D eigenvalue weighted by molar-refractivity contribution is -0.142. The zero-order valence-electron chi connectivity index (χ0n) is 14.1. The minimum Gasteiger partial charge on any atom is -0.467 e. The van der Waals surface area contributed by atoms with Gasteiger partial charge in [0.25, 0.3) is 0 Å². The van der Waals surface area contributed by atoms with Crippen LogP contribution in [0.4, 0.5) is 5.69 Å². The van der Waals surface area contributed by atoms with Crippen molar-refractivity contribution in [2.45, 2.75) is 64.5 Å². The molecular formula is C18H26ClNO2. The summed E-state index contributed by atoms with van der Waals surface area (Å²) in [4.78, 5) is 14.6. The van der Waals surface area contributed by atoms with Crippen molar-refractivity contribution < 1.29 is 9.53 Å². The number of anilines is 1. The summed E-state index contributed by atoms with van der Waals surface area (Å²) in [5.41, 5.74) is 2.22. The number of benzene rings is 1. The Labute approximate surface area is 138 Å². The molecule has 0 N–H and O–H groups in total. The van der Waals surface area contributed by atoms with E-state index in [2.05, 4.69) is 32.6 Å². The first-order valence-electron chi connectivity index (χ1n) is 7.98. The molecule has 0 fully saturated rings. The van der Waals surface area contributed by atoms with Crippen molar-refractivity contribution in [1.29, 1.82) is 0 Å². The van der Waals surface area contributed by atoms with Gasteiger partial charge in [-0.25, -0.2) is 4.79 Å². The number of hydrogen-bond donors (Lipinski definition) is 0. The Balaban J connectivity index is 2.56. The van der Waals surface area contributed by atoms with Crippen molar-refractivity contribution in [3.05, 3.63) is 28.8 Å². The van der Waals surface area contributed by atoms with Crippen LogP contribution in [0.3, 0.4) is 0 Å². The molecule has 122 valence electrons. The summed E-state index contributed by atoms with van der Waals surface area (Å²) in [6.45, 7) is 8.72. The maximum absolute atomic E-state index is 12.4. The third-order valence-electron chi connectivity index (χ3n) is 4.58. The highest BCUT2D eigenvalue weighted by molar-refractivity contribution is 6.30. The number of hydrogen-bond acceptors (Lipinski definition) is 3. The van der Waals surface area contributed by atoms with Crippen molar-refractivity contribution in [2.75, 3.05) is 12.0 Å². The van der Waals surface area contributed by atoms with Crippen LogP contribution < -0.4 is 4.90 Å². The fourth-order valence-corrected chi connectivity index (χ4v) is 3.96. The number of ether oxygens (including phenoxy) is 1.